The largest absolute Gasteiger partial charge is 0.419 e. The number of sulfonamides is 1. The van der Waals surface area contributed by atoms with Gasteiger partial charge in [0.25, 0.3) is 0 Å². The minimum atomic E-state index is -4.86. The number of hydrogen-bond donors (Lipinski definition) is 1. The van der Waals surface area contributed by atoms with E-state index in [-0.39, 0.29) is 19.1 Å². The third kappa shape index (κ3) is 3.35. The van der Waals surface area contributed by atoms with Gasteiger partial charge in [-0.15, -0.1) is 0 Å². The van der Waals surface area contributed by atoms with E-state index >= 15 is 0 Å². The highest BCUT2D eigenvalue weighted by Crippen LogP contribution is 2.33. The third-order valence-corrected chi connectivity index (χ3v) is 5.28. The molecular weight excluding hydrogens is 312 g/mol. The first-order valence-electron chi connectivity index (χ1n) is 6.25. The summed E-state index contributed by atoms with van der Waals surface area (Å²) < 4.78 is 76.5. The van der Waals surface area contributed by atoms with Crippen molar-refractivity contribution < 1.29 is 26.0 Å². The molecule has 21 heavy (non-hydrogen) atoms. The van der Waals surface area contributed by atoms with E-state index < -0.39 is 32.5 Å². The lowest BCUT2D eigenvalue weighted by molar-refractivity contribution is -0.140. The molecule has 0 aromatic heterocycles. The molecule has 9 heteroatoms. The maximum atomic E-state index is 13.5. The monoisotopic (exact) mass is 326 g/mol. The summed E-state index contributed by atoms with van der Waals surface area (Å²) in [5, 5.41) is 0. The molecular formula is C12H14F4N2O2S. The molecule has 1 aliphatic heterocycles. The predicted octanol–water partition coefficient (Wildman–Crippen LogP) is 1.96. The van der Waals surface area contributed by atoms with E-state index in [1.807, 2.05) is 0 Å². The number of rotatable bonds is 2. The summed E-state index contributed by atoms with van der Waals surface area (Å²) in [5.41, 5.74) is 4.18. The second-order valence-corrected chi connectivity index (χ2v) is 6.82. The number of benzene rings is 1. The number of nitrogens with zero attached hydrogens (tertiary/aromatic N) is 1. The minimum Gasteiger partial charge on any atom is -0.328 e. The fourth-order valence-electron chi connectivity index (χ4n) is 2.15. The van der Waals surface area contributed by atoms with Crippen molar-refractivity contribution in [3.8, 4) is 0 Å². The Morgan fingerprint density at radius 1 is 1.19 bits per heavy atom. The van der Waals surface area contributed by atoms with Crippen LogP contribution < -0.4 is 5.73 Å². The lowest BCUT2D eigenvalue weighted by Crippen LogP contribution is -2.42. The lowest BCUT2D eigenvalue weighted by atomic mass is 10.1. The molecule has 1 heterocycles. The molecule has 1 aliphatic rings. The van der Waals surface area contributed by atoms with Gasteiger partial charge in [0, 0.05) is 19.1 Å². The number of piperidine rings is 1. The van der Waals surface area contributed by atoms with Crippen molar-refractivity contribution in [1.82, 2.24) is 4.31 Å². The second-order valence-electron chi connectivity index (χ2n) is 4.88. The Morgan fingerprint density at radius 3 is 2.24 bits per heavy atom. The average molecular weight is 326 g/mol. The summed E-state index contributed by atoms with van der Waals surface area (Å²) in [5.74, 6) is -1.60. The van der Waals surface area contributed by atoms with Gasteiger partial charge >= 0.3 is 6.18 Å². The van der Waals surface area contributed by atoms with Crippen LogP contribution in [0.25, 0.3) is 0 Å². The van der Waals surface area contributed by atoms with Crippen LogP contribution >= 0.6 is 0 Å². The first kappa shape index (κ1) is 16.2. The van der Waals surface area contributed by atoms with Gasteiger partial charge in [-0.1, -0.05) is 0 Å². The molecule has 0 radical (unpaired) electrons. The first-order chi connectivity index (χ1) is 9.62. The number of halogens is 4. The van der Waals surface area contributed by atoms with Crippen molar-refractivity contribution in [2.75, 3.05) is 13.1 Å². The van der Waals surface area contributed by atoms with Crippen LogP contribution in [-0.2, 0) is 16.2 Å². The Kier molecular flexibility index (Phi) is 4.27. The van der Waals surface area contributed by atoms with E-state index in [1.54, 1.807) is 0 Å². The highest BCUT2D eigenvalue weighted by atomic mass is 32.2. The maximum Gasteiger partial charge on any atom is 0.419 e. The van der Waals surface area contributed by atoms with Crippen LogP contribution in [-0.4, -0.2) is 31.9 Å². The summed E-state index contributed by atoms with van der Waals surface area (Å²) >= 11 is 0. The van der Waals surface area contributed by atoms with Crippen LogP contribution in [0.2, 0.25) is 0 Å². The number of alkyl halides is 3. The van der Waals surface area contributed by atoms with Gasteiger partial charge in [-0.25, -0.2) is 12.8 Å². The van der Waals surface area contributed by atoms with E-state index in [0.717, 1.165) is 10.4 Å². The summed E-state index contributed by atoms with van der Waals surface area (Å²) in [6.45, 7) is 0.346. The van der Waals surface area contributed by atoms with Crippen LogP contribution in [0.4, 0.5) is 17.6 Å². The molecule has 2 rings (SSSR count). The van der Waals surface area contributed by atoms with Crippen molar-refractivity contribution in [2.45, 2.75) is 30.0 Å². The number of hydrogen-bond acceptors (Lipinski definition) is 3. The maximum absolute atomic E-state index is 13.5. The molecule has 4 nitrogen and oxygen atoms in total. The van der Waals surface area contributed by atoms with E-state index in [4.69, 9.17) is 5.73 Å². The van der Waals surface area contributed by atoms with E-state index in [9.17, 15) is 26.0 Å². The second kappa shape index (κ2) is 5.54. The Balaban J connectivity index is 2.31. The fourth-order valence-corrected chi connectivity index (χ4v) is 3.63. The molecule has 0 bridgehead atoms. The van der Waals surface area contributed by atoms with Crippen LogP contribution in [0.3, 0.4) is 0 Å². The molecule has 0 unspecified atom stereocenters. The van der Waals surface area contributed by atoms with Gasteiger partial charge in [-0.05, 0) is 31.0 Å². The van der Waals surface area contributed by atoms with Crippen molar-refractivity contribution in [3.63, 3.8) is 0 Å². The Hall–Kier alpha value is -1.19. The minimum absolute atomic E-state index is 0.0965. The lowest BCUT2D eigenvalue weighted by Gasteiger charge is -2.29. The molecule has 0 aliphatic carbocycles. The zero-order chi connectivity index (χ0) is 15.8. The van der Waals surface area contributed by atoms with Crippen LogP contribution in [0.5, 0.6) is 0 Å². The van der Waals surface area contributed by atoms with Crippen LogP contribution in [0.1, 0.15) is 18.4 Å². The van der Waals surface area contributed by atoms with E-state index in [2.05, 4.69) is 0 Å². The Bertz CT molecular complexity index is 623. The van der Waals surface area contributed by atoms with Crippen LogP contribution in [0.15, 0.2) is 23.1 Å². The predicted molar refractivity (Wildman–Crippen MR) is 67.4 cm³/mol. The Morgan fingerprint density at radius 2 is 1.76 bits per heavy atom. The highest BCUT2D eigenvalue weighted by Gasteiger charge is 2.35. The van der Waals surface area contributed by atoms with Gasteiger partial charge in [0.2, 0.25) is 10.0 Å². The highest BCUT2D eigenvalue weighted by molar-refractivity contribution is 7.89. The first-order valence-corrected chi connectivity index (χ1v) is 7.69. The van der Waals surface area contributed by atoms with Gasteiger partial charge in [-0.2, -0.15) is 17.5 Å². The van der Waals surface area contributed by atoms with Crippen molar-refractivity contribution in [3.05, 3.63) is 29.6 Å². The SMILES string of the molecule is NC1CCN(S(=O)(=O)c2ccc(C(F)(F)F)c(F)c2)CC1. The van der Waals surface area contributed by atoms with Crippen molar-refractivity contribution in [1.29, 1.82) is 0 Å². The normalized spacial score (nSPS) is 18.9. The molecule has 0 saturated carbocycles. The van der Waals surface area contributed by atoms with Crippen molar-refractivity contribution in [2.24, 2.45) is 5.73 Å². The van der Waals surface area contributed by atoms with E-state index in [1.165, 1.54) is 0 Å². The zero-order valence-electron chi connectivity index (χ0n) is 10.9. The molecule has 0 atom stereocenters. The molecule has 0 amide bonds. The van der Waals surface area contributed by atoms with Gasteiger partial charge in [0.05, 0.1) is 10.5 Å². The molecule has 1 saturated heterocycles. The van der Waals surface area contributed by atoms with Crippen molar-refractivity contribution >= 4 is 10.0 Å². The Labute approximate surface area is 119 Å². The molecule has 1 fully saturated rings. The fraction of sp³-hybridized carbons (Fsp3) is 0.500. The molecule has 1 aromatic rings. The summed E-state index contributed by atoms with van der Waals surface area (Å²) in [6, 6.07) is 1.53. The third-order valence-electron chi connectivity index (χ3n) is 3.38. The topological polar surface area (TPSA) is 63.4 Å². The summed E-state index contributed by atoms with van der Waals surface area (Å²) in [4.78, 5) is -0.483. The van der Waals surface area contributed by atoms with Crippen LogP contribution in [0, 0.1) is 5.82 Å². The quantitative estimate of drug-likeness (QED) is 0.845. The molecule has 1 aromatic carbocycles. The van der Waals surface area contributed by atoms with Gasteiger partial charge in [0.15, 0.2) is 0 Å². The summed E-state index contributed by atoms with van der Waals surface area (Å²) in [7, 11) is -4.00. The molecule has 2 N–H and O–H groups in total. The average Bonchev–Trinajstić information content (AvgIpc) is 2.37. The smallest absolute Gasteiger partial charge is 0.328 e. The number of nitrogens with two attached hydrogens (primary N) is 1. The van der Waals surface area contributed by atoms with Gasteiger partial charge < -0.3 is 5.73 Å². The van der Waals surface area contributed by atoms with E-state index in [0.29, 0.717) is 25.0 Å². The van der Waals surface area contributed by atoms with Gasteiger partial charge in [-0.3, -0.25) is 0 Å². The zero-order valence-corrected chi connectivity index (χ0v) is 11.7. The summed E-state index contributed by atoms with van der Waals surface area (Å²) in [6.07, 6.45) is -3.94. The standard InChI is InChI=1S/C12H14F4N2O2S/c13-11-7-9(1-2-10(11)12(14,15)16)21(19,20)18-5-3-8(17)4-6-18/h1-2,7-8H,3-6,17H2. The molecule has 118 valence electrons. The molecule has 0 spiro atoms. The van der Waals surface area contributed by atoms with Gasteiger partial charge in [0.1, 0.15) is 5.82 Å².